The van der Waals surface area contributed by atoms with Gasteiger partial charge in [0.15, 0.2) is 0 Å². The fourth-order valence-electron chi connectivity index (χ4n) is 1.59. The SMILES string of the molecule is CCC(C)SCC(N)Cc1cc(C)nn1C. The highest BCUT2D eigenvalue weighted by Gasteiger charge is 2.10. The van der Waals surface area contributed by atoms with Crippen molar-refractivity contribution in [2.24, 2.45) is 12.8 Å². The van der Waals surface area contributed by atoms with Crippen molar-refractivity contribution >= 4 is 11.8 Å². The first kappa shape index (κ1) is 13.6. The normalized spacial score (nSPS) is 15.1. The predicted molar refractivity (Wildman–Crippen MR) is 71.8 cm³/mol. The van der Waals surface area contributed by atoms with E-state index in [9.17, 15) is 0 Å². The Balaban J connectivity index is 2.39. The summed E-state index contributed by atoms with van der Waals surface area (Å²) in [5, 5.41) is 5.04. The van der Waals surface area contributed by atoms with Crippen LogP contribution in [0.15, 0.2) is 6.07 Å². The molecule has 2 unspecified atom stereocenters. The summed E-state index contributed by atoms with van der Waals surface area (Å²) in [4.78, 5) is 0. The van der Waals surface area contributed by atoms with Crippen molar-refractivity contribution < 1.29 is 0 Å². The predicted octanol–water partition coefficient (Wildman–Crippen LogP) is 2.13. The highest BCUT2D eigenvalue weighted by molar-refractivity contribution is 7.99. The summed E-state index contributed by atoms with van der Waals surface area (Å²) >= 11 is 1.96. The number of rotatable bonds is 6. The average Bonchev–Trinajstić information content (AvgIpc) is 2.54. The monoisotopic (exact) mass is 241 g/mol. The Bertz CT molecular complexity index is 322. The number of nitrogens with two attached hydrogens (primary N) is 1. The van der Waals surface area contributed by atoms with Gasteiger partial charge >= 0.3 is 0 Å². The van der Waals surface area contributed by atoms with Crippen molar-refractivity contribution in [2.75, 3.05) is 5.75 Å². The molecule has 0 bridgehead atoms. The number of thioether (sulfide) groups is 1. The summed E-state index contributed by atoms with van der Waals surface area (Å²) in [6, 6.07) is 2.35. The molecule has 0 saturated carbocycles. The molecule has 16 heavy (non-hydrogen) atoms. The van der Waals surface area contributed by atoms with Crippen LogP contribution in [-0.4, -0.2) is 26.8 Å². The maximum absolute atomic E-state index is 6.12. The minimum absolute atomic E-state index is 0.230. The fourth-order valence-corrected chi connectivity index (χ4v) is 2.52. The molecule has 1 aromatic rings. The van der Waals surface area contributed by atoms with Crippen LogP contribution < -0.4 is 5.73 Å². The molecule has 0 amide bonds. The van der Waals surface area contributed by atoms with Crippen molar-refractivity contribution in [2.45, 2.75) is 44.9 Å². The number of hydrogen-bond acceptors (Lipinski definition) is 3. The van der Waals surface area contributed by atoms with Crippen LogP contribution in [0.2, 0.25) is 0 Å². The van der Waals surface area contributed by atoms with Gasteiger partial charge in [-0.3, -0.25) is 4.68 Å². The van der Waals surface area contributed by atoms with Gasteiger partial charge in [0.2, 0.25) is 0 Å². The lowest BCUT2D eigenvalue weighted by Crippen LogP contribution is -2.27. The molecule has 1 rings (SSSR count). The molecule has 3 nitrogen and oxygen atoms in total. The Morgan fingerprint density at radius 2 is 2.25 bits per heavy atom. The largest absolute Gasteiger partial charge is 0.327 e. The van der Waals surface area contributed by atoms with E-state index >= 15 is 0 Å². The molecule has 92 valence electrons. The van der Waals surface area contributed by atoms with Gasteiger partial charge in [0.05, 0.1) is 5.69 Å². The van der Waals surface area contributed by atoms with Gasteiger partial charge in [-0.25, -0.2) is 0 Å². The van der Waals surface area contributed by atoms with E-state index in [1.807, 2.05) is 30.4 Å². The van der Waals surface area contributed by atoms with Crippen LogP contribution in [0.25, 0.3) is 0 Å². The maximum Gasteiger partial charge on any atom is 0.0596 e. The third kappa shape index (κ3) is 4.18. The van der Waals surface area contributed by atoms with Crippen molar-refractivity contribution in [3.63, 3.8) is 0 Å². The van der Waals surface area contributed by atoms with Crippen LogP contribution in [0.3, 0.4) is 0 Å². The zero-order chi connectivity index (χ0) is 12.1. The zero-order valence-electron chi connectivity index (χ0n) is 10.7. The minimum atomic E-state index is 0.230. The Hall–Kier alpha value is -0.480. The Morgan fingerprint density at radius 1 is 1.56 bits per heavy atom. The summed E-state index contributed by atoms with van der Waals surface area (Å²) < 4.78 is 1.93. The van der Waals surface area contributed by atoms with Crippen LogP contribution in [-0.2, 0) is 13.5 Å². The average molecular weight is 241 g/mol. The Labute approximate surface area is 103 Å². The van der Waals surface area contributed by atoms with Gasteiger partial charge in [0.1, 0.15) is 0 Å². The van der Waals surface area contributed by atoms with E-state index in [4.69, 9.17) is 5.73 Å². The molecule has 0 radical (unpaired) electrons. The smallest absolute Gasteiger partial charge is 0.0596 e. The number of aryl methyl sites for hydroxylation is 2. The second-order valence-corrected chi connectivity index (χ2v) is 5.89. The van der Waals surface area contributed by atoms with Gasteiger partial charge in [-0.15, -0.1) is 0 Å². The van der Waals surface area contributed by atoms with Crippen molar-refractivity contribution in [3.8, 4) is 0 Å². The molecule has 0 aliphatic rings. The number of nitrogens with zero attached hydrogens (tertiary/aromatic N) is 2. The first-order valence-electron chi connectivity index (χ1n) is 5.89. The van der Waals surface area contributed by atoms with E-state index in [0.29, 0.717) is 5.25 Å². The number of aromatic nitrogens is 2. The lowest BCUT2D eigenvalue weighted by atomic mass is 10.2. The minimum Gasteiger partial charge on any atom is -0.327 e. The summed E-state index contributed by atoms with van der Waals surface area (Å²) in [6.07, 6.45) is 2.13. The van der Waals surface area contributed by atoms with Crippen molar-refractivity contribution in [3.05, 3.63) is 17.5 Å². The maximum atomic E-state index is 6.12. The molecule has 0 aliphatic carbocycles. The molecule has 0 spiro atoms. The third-order valence-corrected chi connectivity index (χ3v) is 4.26. The van der Waals surface area contributed by atoms with E-state index in [-0.39, 0.29) is 6.04 Å². The van der Waals surface area contributed by atoms with Crippen LogP contribution in [0, 0.1) is 6.92 Å². The summed E-state index contributed by atoms with van der Waals surface area (Å²) in [7, 11) is 1.98. The standard InChI is InChI=1S/C12H23N3S/c1-5-10(3)16-8-11(13)7-12-6-9(2)14-15(12)4/h6,10-11H,5,7-8,13H2,1-4H3. The van der Waals surface area contributed by atoms with Crippen LogP contribution in [0.4, 0.5) is 0 Å². The van der Waals surface area contributed by atoms with Gasteiger partial charge < -0.3 is 5.73 Å². The number of hydrogen-bond donors (Lipinski definition) is 1. The Kier molecular flexibility index (Phi) is 5.35. The van der Waals surface area contributed by atoms with E-state index < -0.39 is 0 Å². The van der Waals surface area contributed by atoms with Gasteiger partial charge in [0.25, 0.3) is 0 Å². The quantitative estimate of drug-likeness (QED) is 0.830. The molecule has 0 aliphatic heterocycles. The van der Waals surface area contributed by atoms with Crippen LogP contribution in [0.5, 0.6) is 0 Å². The van der Waals surface area contributed by atoms with E-state index in [0.717, 1.165) is 17.9 Å². The van der Waals surface area contributed by atoms with Crippen molar-refractivity contribution in [1.82, 2.24) is 9.78 Å². The molecular weight excluding hydrogens is 218 g/mol. The topological polar surface area (TPSA) is 43.8 Å². The molecule has 0 saturated heterocycles. The first-order chi connectivity index (χ1) is 7.52. The second-order valence-electron chi connectivity index (χ2n) is 4.42. The molecule has 2 atom stereocenters. The molecule has 4 heteroatoms. The molecule has 1 aromatic heterocycles. The summed E-state index contributed by atoms with van der Waals surface area (Å²) in [5.41, 5.74) is 8.42. The van der Waals surface area contributed by atoms with Crippen molar-refractivity contribution in [1.29, 1.82) is 0 Å². The van der Waals surface area contributed by atoms with Gasteiger partial charge in [-0.1, -0.05) is 13.8 Å². The second kappa shape index (κ2) is 6.30. The summed E-state index contributed by atoms with van der Waals surface area (Å²) in [5.74, 6) is 1.03. The van der Waals surface area contributed by atoms with E-state index in [2.05, 4.69) is 25.0 Å². The highest BCUT2D eigenvalue weighted by atomic mass is 32.2. The van der Waals surface area contributed by atoms with E-state index in [1.165, 1.54) is 12.1 Å². The molecule has 0 aromatic carbocycles. The third-order valence-electron chi connectivity index (χ3n) is 2.74. The highest BCUT2D eigenvalue weighted by Crippen LogP contribution is 2.15. The van der Waals surface area contributed by atoms with Crippen LogP contribution >= 0.6 is 11.8 Å². The van der Waals surface area contributed by atoms with Gasteiger partial charge in [-0.05, 0) is 19.4 Å². The molecule has 2 N–H and O–H groups in total. The van der Waals surface area contributed by atoms with Crippen LogP contribution in [0.1, 0.15) is 31.7 Å². The van der Waals surface area contributed by atoms with Gasteiger partial charge in [0, 0.05) is 36.2 Å². The van der Waals surface area contributed by atoms with Gasteiger partial charge in [-0.2, -0.15) is 16.9 Å². The lowest BCUT2D eigenvalue weighted by Gasteiger charge is -2.14. The lowest BCUT2D eigenvalue weighted by molar-refractivity contribution is 0.652. The molecule has 1 heterocycles. The molecule has 0 fully saturated rings. The Morgan fingerprint density at radius 3 is 2.75 bits per heavy atom. The first-order valence-corrected chi connectivity index (χ1v) is 6.94. The fraction of sp³-hybridized carbons (Fsp3) is 0.750. The van der Waals surface area contributed by atoms with E-state index in [1.54, 1.807) is 0 Å². The molecular formula is C12H23N3S. The zero-order valence-corrected chi connectivity index (χ0v) is 11.5. The summed E-state index contributed by atoms with van der Waals surface area (Å²) in [6.45, 7) is 6.49.